The van der Waals surface area contributed by atoms with Crippen LogP contribution in [0, 0.1) is 0 Å². The van der Waals surface area contributed by atoms with Gasteiger partial charge in [0, 0.05) is 11.6 Å². The summed E-state index contributed by atoms with van der Waals surface area (Å²) in [7, 11) is 0. The molecule has 0 aliphatic carbocycles. The Kier molecular flexibility index (Phi) is 6.47. The van der Waals surface area contributed by atoms with E-state index in [0.29, 0.717) is 13.0 Å². The molecule has 10 heavy (non-hydrogen) atoms. The molecule has 0 atom stereocenters. The Bertz CT molecular complexity index is 148. The van der Waals surface area contributed by atoms with E-state index >= 15 is 0 Å². The van der Waals surface area contributed by atoms with Gasteiger partial charge in [-0.1, -0.05) is 0 Å². The molecule has 0 spiro atoms. The SMILES string of the molecule is O=C=NCCCON=C=O. The average molecular weight is 142 g/mol. The molecule has 0 bridgehead atoms. The third-order valence-electron chi connectivity index (χ3n) is 0.672. The van der Waals surface area contributed by atoms with Gasteiger partial charge in [-0.15, -0.1) is 0 Å². The zero-order valence-corrected chi connectivity index (χ0v) is 5.24. The largest absolute Gasteiger partial charge is 0.386 e. The smallest absolute Gasteiger partial charge is 0.276 e. The van der Waals surface area contributed by atoms with Gasteiger partial charge in [0.2, 0.25) is 6.08 Å². The molecule has 0 rings (SSSR count). The molecule has 0 saturated carbocycles. The Balaban J connectivity index is 3.04. The molecule has 0 heterocycles. The van der Waals surface area contributed by atoms with Crippen molar-refractivity contribution in [3.63, 3.8) is 0 Å². The molecule has 54 valence electrons. The molecule has 0 aliphatic rings. The third-order valence-corrected chi connectivity index (χ3v) is 0.672. The summed E-state index contributed by atoms with van der Waals surface area (Å²) in [6, 6.07) is 0. The highest BCUT2D eigenvalue weighted by molar-refractivity contribution is 5.32. The molecule has 0 N–H and O–H groups in total. The summed E-state index contributed by atoms with van der Waals surface area (Å²) in [5, 5.41) is 2.82. The minimum atomic E-state index is 0.264. The minimum Gasteiger partial charge on any atom is -0.386 e. The van der Waals surface area contributed by atoms with E-state index < -0.39 is 0 Å². The lowest BCUT2D eigenvalue weighted by Gasteiger charge is -1.90. The normalized spacial score (nSPS) is 7.20. The van der Waals surface area contributed by atoms with Crippen molar-refractivity contribution in [2.75, 3.05) is 13.2 Å². The lowest BCUT2D eigenvalue weighted by Crippen LogP contribution is -1.89. The fourth-order valence-corrected chi connectivity index (χ4v) is 0.326. The fraction of sp³-hybridized carbons (Fsp3) is 0.600. The molecule has 0 aromatic carbocycles. The first-order valence-electron chi connectivity index (χ1n) is 2.64. The maximum atomic E-state index is 9.48. The molecule has 0 fully saturated rings. The molecule has 5 heteroatoms. The predicted octanol–water partition coefficient (Wildman–Crippen LogP) is -0.0203. The first-order valence-corrected chi connectivity index (χ1v) is 2.64. The number of rotatable bonds is 5. The quantitative estimate of drug-likeness (QED) is 0.234. The summed E-state index contributed by atoms with van der Waals surface area (Å²) in [4.78, 5) is 26.5. The Morgan fingerprint density at radius 1 is 1.30 bits per heavy atom. The van der Waals surface area contributed by atoms with Gasteiger partial charge in [0.25, 0.3) is 6.08 Å². The van der Waals surface area contributed by atoms with E-state index in [1.165, 1.54) is 12.2 Å². The van der Waals surface area contributed by atoms with Crippen molar-refractivity contribution in [3.05, 3.63) is 0 Å². The summed E-state index contributed by atoms with van der Waals surface area (Å²) in [5.41, 5.74) is 0. The maximum Gasteiger partial charge on any atom is 0.276 e. The van der Waals surface area contributed by atoms with Crippen LogP contribution < -0.4 is 0 Å². The van der Waals surface area contributed by atoms with Crippen molar-refractivity contribution in [2.45, 2.75) is 6.42 Å². The van der Waals surface area contributed by atoms with Crippen LogP contribution in [0.25, 0.3) is 0 Å². The summed E-state index contributed by atoms with van der Waals surface area (Å²) in [6.07, 6.45) is 3.12. The Labute approximate surface area is 57.4 Å². The van der Waals surface area contributed by atoms with Gasteiger partial charge in [0.15, 0.2) is 0 Å². The van der Waals surface area contributed by atoms with Gasteiger partial charge in [-0.3, -0.25) is 0 Å². The van der Waals surface area contributed by atoms with E-state index in [2.05, 4.69) is 15.0 Å². The fourth-order valence-electron chi connectivity index (χ4n) is 0.326. The van der Waals surface area contributed by atoms with Gasteiger partial charge in [0.1, 0.15) is 6.61 Å². The molecule has 0 amide bonds. The zero-order chi connectivity index (χ0) is 7.66. The number of nitrogens with zero attached hydrogens (tertiary/aromatic N) is 2. The first kappa shape index (κ1) is 8.56. The second kappa shape index (κ2) is 7.56. The molecule has 0 unspecified atom stereocenters. The minimum absolute atomic E-state index is 0.264. The van der Waals surface area contributed by atoms with Crippen LogP contribution >= 0.6 is 0 Å². The van der Waals surface area contributed by atoms with Crippen LogP contribution in [-0.2, 0) is 14.4 Å². The van der Waals surface area contributed by atoms with E-state index in [-0.39, 0.29) is 6.61 Å². The lowest BCUT2D eigenvalue weighted by molar-refractivity contribution is 0.142. The summed E-state index contributed by atoms with van der Waals surface area (Å²) < 4.78 is 0. The molecular formula is C5H6N2O3. The first-order chi connectivity index (χ1) is 4.91. The van der Waals surface area contributed by atoms with Crippen LogP contribution in [0.15, 0.2) is 10.1 Å². The Hall–Kier alpha value is -1.44. The molecule has 0 saturated heterocycles. The van der Waals surface area contributed by atoms with Crippen molar-refractivity contribution in [2.24, 2.45) is 10.1 Å². The van der Waals surface area contributed by atoms with Crippen molar-refractivity contribution >= 4 is 12.2 Å². The number of hydrogen-bond acceptors (Lipinski definition) is 5. The van der Waals surface area contributed by atoms with Crippen molar-refractivity contribution < 1.29 is 14.4 Å². The molecule has 5 nitrogen and oxygen atoms in total. The highest BCUT2D eigenvalue weighted by Crippen LogP contribution is 1.81. The number of isocyanates is 2. The average Bonchev–Trinajstić information content (AvgIpc) is 1.97. The Morgan fingerprint density at radius 2 is 2.10 bits per heavy atom. The van der Waals surface area contributed by atoms with Gasteiger partial charge < -0.3 is 4.84 Å². The number of aliphatic imine (C=N–C) groups is 1. The molecule has 0 aromatic rings. The molecular weight excluding hydrogens is 136 g/mol. The zero-order valence-electron chi connectivity index (χ0n) is 5.24. The highest BCUT2D eigenvalue weighted by Gasteiger charge is 1.83. The van der Waals surface area contributed by atoms with Crippen molar-refractivity contribution in [3.8, 4) is 0 Å². The van der Waals surface area contributed by atoms with E-state index in [1.54, 1.807) is 0 Å². The maximum absolute atomic E-state index is 9.48. The van der Waals surface area contributed by atoms with Gasteiger partial charge in [-0.05, 0) is 0 Å². The van der Waals surface area contributed by atoms with Gasteiger partial charge in [-0.2, -0.15) is 0 Å². The second-order valence-corrected chi connectivity index (χ2v) is 1.34. The standard InChI is InChI=1S/C5H6N2O3/c8-4-6-2-1-3-10-7-5-9/h1-3H2. The predicted molar refractivity (Wildman–Crippen MR) is 31.7 cm³/mol. The van der Waals surface area contributed by atoms with Gasteiger partial charge >= 0.3 is 0 Å². The van der Waals surface area contributed by atoms with Crippen LogP contribution in [0.1, 0.15) is 6.42 Å². The van der Waals surface area contributed by atoms with Crippen LogP contribution in [-0.4, -0.2) is 25.3 Å². The van der Waals surface area contributed by atoms with Crippen LogP contribution in [0.5, 0.6) is 0 Å². The van der Waals surface area contributed by atoms with E-state index in [9.17, 15) is 9.59 Å². The summed E-state index contributed by atoms with van der Waals surface area (Å²) in [6.45, 7) is 0.609. The second-order valence-electron chi connectivity index (χ2n) is 1.34. The van der Waals surface area contributed by atoms with Gasteiger partial charge in [-0.25, -0.2) is 14.6 Å². The van der Waals surface area contributed by atoms with E-state index in [1.807, 2.05) is 0 Å². The lowest BCUT2D eigenvalue weighted by atomic mass is 10.5. The van der Waals surface area contributed by atoms with Gasteiger partial charge in [0.05, 0.1) is 6.54 Å². The van der Waals surface area contributed by atoms with Crippen LogP contribution in [0.2, 0.25) is 0 Å². The van der Waals surface area contributed by atoms with Crippen molar-refractivity contribution in [1.29, 1.82) is 0 Å². The number of carbonyl (C=O) groups excluding carboxylic acids is 2. The van der Waals surface area contributed by atoms with E-state index in [4.69, 9.17) is 0 Å². The third kappa shape index (κ3) is 6.56. The van der Waals surface area contributed by atoms with Crippen LogP contribution in [0.4, 0.5) is 0 Å². The monoisotopic (exact) mass is 142 g/mol. The topological polar surface area (TPSA) is 68.1 Å². The molecule has 0 radical (unpaired) electrons. The van der Waals surface area contributed by atoms with Crippen molar-refractivity contribution in [1.82, 2.24) is 0 Å². The summed E-state index contributed by atoms with van der Waals surface area (Å²) in [5.74, 6) is 0. The molecule has 0 aliphatic heterocycles. The summed E-state index contributed by atoms with van der Waals surface area (Å²) >= 11 is 0. The van der Waals surface area contributed by atoms with Crippen LogP contribution in [0.3, 0.4) is 0 Å². The molecule has 0 aromatic heterocycles. The van der Waals surface area contributed by atoms with E-state index in [0.717, 1.165) is 0 Å². The Morgan fingerprint density at radius 3 is 2.70 bits per heavy atom. The highest BCUT2D eigenvalue weighted by atomic mass is 16.6. The number of hydrogen-bond donors (Lipinski definition) is 0.